The van der Waals surface area contributed by atoms with Crippen molar-refractivity contribution in [2.75, 3.05) is 11.4 Å². The van der Waals surface area contributed by atoms with Gasteiger partial charge in [-0.1, -0.05) is 12.1 Å². The average molecular weight is 418 g/mol. The van der Waals surface area contributed by atoms with Crippen LogP contribution >= 0.6 is 0 Å². The Balaban J connectivity index is 2.08. The van der Waals surface area contributed by atoms with Gasteiger partial charge >= 0.3 is 5.51 Å². The Bertz CT molecular complexity index is 1020. The fraction of sp³-hybridized carbons (Fsp3) is 0.294. The van der Waals surface area contributed by atoms with Gasteiger partial charge < -0.3 is 4.90 Å². The first-order valence-corrected chi connectivity index (χ1v) is 9.62. The number of nitro groups is 1. The molecule has 0 N–H and O–H groups in total. The first-order chi connectivity index (χ1) is 13.0. The summed E-state index contributed by atoms with van der Waals surface area (Å²) in [4.78, 5) is 10.9. The minimum Gasteiger partial charge on any atom is -0.359 e. The molecule has 1 fully saturated rings. The maximum atomic E-state index is 13.6. The van der Waals surface area contributed by atoms with Gasteiger partial charge in [-0.2, -0.15) is 13.2 Å². The highest BCUT2D eigenvalue weighted by Gasteiger charge is 2.47. The molecule has 0 spiro atoms. The molecule has 11 heteroatoms. The number of nitrogens with zero attached hydrogens (tertiary/aromatic N) is 2. The van der Waals surface area contributed by atoms with Crippen LogP contribution in [0.1, 0.15) is 24.4 Å². The Morgan fingerprint density at radius 1 is 1.14 bits per heavy atom. The van der Waals surface area contributed by atoms with Crippen molar-refractivity contribution in [3.8, 4) is 0 Å². The summed E-state index contributed by atoms with van der Waals surface area (Å²) in [6.45, 7) is 0.355. The Kier molecular flexibility index (Phi) is 5.04. The third-order valence-electron chi connectivity index (χ3n) is 4.55. The average Bonchev–Trinajstić information content (AvgIpc) is 3.09. The molecule has 3 rings (SSSR count). The number of nitro benzene ring substituents is 1. The molecule has 1 saturated heterocycles. The van der Waals surface area contributed by atoms with Crippen LogP contribution < -0.4 is 4.90 Å². The number of anilines is 1. The fourth-order valence-corrected chi connectivity index (χ4v) is 4.09. The molecule has 0 radical (unpaired) electrons. The highest BCUT2D eigenvalue weighted by atomic mass is 32.2. The van der Waals surface area contributed by atoms with Crippen LogP contribution in [0.4, 0.5) is 28.9 Å². The van der Waals surface area contributed by atoms with Gasteiger partial charge in [-0.15, -0.1) is 0 Å². The van der Waals surface area contributed by atoms with E-state index in [1.807, 2.05) is 0 Å². The van der Waals surface area contributed by atoms with Crippen molar-refractivity contribution in [1.82, 2.24) is 0 Å². The lowest BCUT2D eigenvalue weighted by atomic mass is 10.0. The minimum absolute atomic E-state index is 0.0158. The molecule has 0 aromatic heterocycles. The van der Waals surface area contributed by atoms with Crippen molar-refractivity contribution in [3.05, 3.63) is 64.0 Å². The maximum Gasteiger partial charge on any atom is 0.501 e. The van der Waals surface area contributed by atoms with Crippen molar-refractivity contribution in [2.45, 2.75) is 29.3 Å². The molecule has 2 aromatic rings. The molecule has 6 nitrogen and oxygen atoms in total. The number of hydrogen-bond acceptors (Lipinski definition) is 5. The Hall–Kier alpha value is -2.69. The summed E-state index contributed by atoms with van der Waals surface area (Å²) in [5.74, 6) is -0.481. The summed E-state index contributed by atoms with van der Waals surface area (Å²) >= 11 is 0. The van der Waals surface area contributed by atoms with Crippen LogP contribution in [0.5, 0.6) is 0 Å². The summed E-state index contributed by atoms with van der Waals surface area (Å²) in [5, 5.41) is 11.4. The molecule has 1 aliphatic rings. The van der Waals surface area contributed by atoms with E-state index in [4.69, 9.17) is 0 Å². The number of alkyl halides is 3. The van der Waals surface area contributed by atoms with Crippen LogP contribution in [0.3, 0.4) is 0 Å². The van der Waals surface area contributed by atoms with E-state index in [1.165, 1.54) is 18.2 Å². The SMILES string of the molecule is O=[N+]([O-])c1cc(S(=O)(=O)C(F)(F)F)ccc1N1CCCC1c1cccc(F)c1. The molecule has 1 unspecified atom stereocenters. The molecular weight excluding hydrogens is 404 g/mol. The van der Waals surface area contributed by atoms with Gasteiger partial charge in [0.25, 0.3) is 15.5 Å². The lowest BCUT2D eigenvalue weighted by Gasteiger charge is -2.27. The zero-order valence-electron chi connectivity index (χ0n) is 14.2. The Morgan fingerprint density at radius 2 is 1.86 bits per heavy atom. The summed E-state index contributed by atoms with van der Waals surface area (Å²) < 4.78 is 75.0. The molecule has 150 valence electrons. The first-order valence-electron chi connectivity index (χ1n) is 8.14. The van der Waals surface area contributed by atoms with Crippen LogP contribution in [0.2, 0.25) is 0 Å². The van der Waals surface area contributed by atoms with E-state index in [0.29, 0.717) is 37.1 Å². The van der Waals surface area contributed by atoms with Crippen molar-refractivity contribution in [1.29, 1.82) is 0 Å². The van der Waals surface area contributed by atoms with Crippen LogP contribution in [0, 0.1) is 15.9 Å². The highest BCUT2D eigenvalue weighted by molar-refractivity contribution is 7.92. The number of halogens is 4. The molecule has 0 bridgehead atoms. The number of benzene rings is 2. The lowest BCUT2D eigenvalue weighted by Crippen LogP contribution is -2.25. The minimum atomic E-state index is -5.72. The monoisotopic (exact) mass is 418 g/mol. The highest BCUT2D eigenvalue weighted by Crippen LogP contribution is 2.42. The van der Waals surface area contributed by atoms with Crippen LogP contribution in [-0.4, -0.2) is 25.4 Å². The van der Waals surface area contributed by atoms with Gasteiger partial charge in [0.2, 0.25) is 0 Å². The van der Waals surface area contributed by atoms with E-state index < -0.39 is 42.7 Å². The standard InChI is InChI=1S/C17H14F4N2O4S/c18-12-4-1-3-11(9-12)14-5-2-8-22(14)15-7-6-13(10-16(15)23(24)25)28(26,27)17(19,20)21/h1,3-4,6-7,9-10,14H,2,5,8H2. The van der Waals surface area contributed by atoms with Crippen molar-refractivity contribution in [2.24, 2.45) is 0 Å². The summed E-state index contributed by atoms with van der Waals surface area (Å²) in [5.41, 5.74) is -5.77. The smallest absolute Gasteiger partial charge is 0.359 e. The molecule has 28 heavy (non-hydrogen) atoms. The van der Waals surface area contributed by atoms with Gasteiger partial charge in [0, 0.05) is 12.6 Å². The fourth-order valence-electron chi connectivity index (χ4n) is 3.31. The molecule has 0 amide bonds. The Morgan fingerprint density at radius 3 is 2.46 bits per heavy atom. The molecule has 2 aromatic carbocycles. The quantitative estimate of drug-likeness (QED) is 0.419. The van der Waals surface area contributed by atoms with E-state index >= 15 is 0 Å². The van der Waals surface area contributed by atoms with Crippen molar-refractivity contribution >= 4 is 21.2 Å². The van der Waals surface area contributed by atoms with Crippen molar-refractivity contribution in [3.63, 3.8) is 0 Å². The molecule has 1 heterocycles. The topological polar surface area (TPSA) is 80.5 Å². The molecule has 0 aliphatic carbocycles. The maximum absolute atomic E-state index is 13.6. The number of rotatable bonds is 4. The van der Waals surface area contributed by atoms with Gasteiger partial charge in [0.05, 0.1) is 15.9 Å². The summed E-state index contributed by atoms with van der Waals surface area (Å²) in [6.07, 6.45) is 1.18. The molecule has 1 atom stereocenters. The summed E-state index contributed by atoms with van der Waals surface area (Å²) in [6, 6.07) is 7.38. The predicted octanol–water partition coefficient (Wildman–Crippen LogP) is 4.37. The summed E-state index contributed by atoms with van der Waals surface area (Å²) in [7, 11) is -5.72. The third kappa shape index (κ3) is 3.53. The van der Waals surface area contributed by atoms with Crippen molar-refractivity contribution < 1.29 is 30.9 Å². The first kappa shape index (κ1) is 20.1. The predicted molar refractivity (Wildman–Crippen MR) is 92.1 cm³/mol. The number of sulfone groups is 1. The van der Waals surface area contributed by atoms with Gasteiger partial charge in [-0.05, 0) is 42.7 Å². The van der Waals surface area contributed by atoms with Gasteiger partial charge in [0.1, 0.15) is 11.5 Å². The zero-order chi connectivity index (χ0) is 20.7. The molecule has 1 aliphatic heterocycles. The van der Waals surface area contributed by atoms with Gasteiger partial charge in [-0.25, -0.2) is 12.8 Å². The van der Waals surface area contributed by atoms with Crippen LogP contribution in [0.15, 0.2) is 47.4 Å². The van der Waals surface area contributed by atoms with E-state index in [0.717, 1.165) is 6.07 Å². The lowest BCUT2D eigenvalue weighted by molar-refractivity contribution is -0.384. The molecular formula is C17H14F4N2O4S. The zero-order valence-corrected chi connectivity index (χ0v) is 15.0. The molecule has 0 saturated carbocycles. The third-order valence-corrected chi connectivity index (χ3v) is 6.04. The van der Waals surface area contributed by atoms with Gasteiger partial charge in [0.15, 0.2) is 0 Å². The normalized spacial score (nSPS) is 17.7. The number of hydrogen-bond donors (Lipinski definition) is 0. The second-order valence-corrected chi connectivity index (χ2v) is 8.20. The largest absolute Gasteiger partial charge is 0.501 e. The van der Waals surface area contributed by atoms with E-state index in [2.05, 4.69) is 0 Å². The van der Waals surface area contributed by atoms with Gasteiger partial charge in [-0.3, -0.25) is 10.1 Å². The Labute approximate surface area is 157 Å². The van der Waals surface area contributed by atoms with Crippen LogP contribution in [0.25, 0.3) is 0 Å². The second kappa shape index (κ2) is 7.04. The van der Waals surface area contributed by atoms with Crippen LogP contribution in [-0.2, 0) is 9.84 Å². The van der Waals surface area contributed by atoms with E-state index in [1.54, 1.807) is 11.0 Å². The van der Waals surface area contributed by atoms with E-state index in [9.17, 15) is 36.1 Å². The van der Waals surface area contributed by atoms with E-state index in [-0.39, 0.29) is 5.69 Å². The second-order valence-electron chi connectivity index (χ2n) is 6.26.